The lowest BCUT2D eigenvalue weighted by molar-refractivity contribution is 0.158. The summed E-state index contributed by atoms with van der Waals surface area (Å²) in [7, 11) is -2.84. The molecule has 0 aromatic heterocycles. The van der Waals surface area contributed by atoms with E-state index in [4.69, 9.17) is 0 Å². The predicted molar refractivity (Wildman–Crippen MR) is 72.0 cm³/mol. The van der Waals surface area contributed by atoms with Gasteiger partial charge in [0.05, 0.1) is 5.75 Å². The third-order valence-electron chi connectivity index (χ3n) is 3.64. The van der Waals surface area contributed by atoms with Gasteiger partial charge in [0.25, 0.3) is 0 Å². The second-order valence-electron chi connectivity index (χ2n) is 5.17. The van der Waals surface area contributed by atoms with Crippen molar-refractivity contribution < 1.29 is 8.42 Å². The van der Waals surface area contributed by atoms with Crippen molar-refractivity contribution in [3.63, 3.8) is 0 Å². The van der Waals surface area contributed by atoms with Crippen LogP contribution in [0.15, 0.2) is 0 Å². The maximum absolute atomic E-state index is 11.0. The quantitative estimate of drug-likeness (QED) is 0.767. The zero-order valence-corrected chi connectivity index (χ0v) is 12.1. The molecule has 1 aliphatic rings. The minimum atomic E-state index is -2.84. The van der Waals surface area contributed by atoms with Crippen LogP contribution in [0.1, 0.15) is 26.7 Å². The van der Waals surface area contributed by atoms with Gasteiger partial charge in [-0.3, -0.25) is 0 Å². The van der Waals surface area contributed by atoms with Crippen LogP contribution in [-0.2, 0) is 9.84 Å². The van der Waals surface area contributed by atoms with Crippen molar-refractivity contribution in [2.45, 2.75) is 32.7 Å². The fraction of sp³-hybridized carbons (Fsp3) is 1.00. The van der Waals surface area contributed by atoms with E-state index >= 15 is 0 Å². The summed E-state index contributed by atoms with van der Waals surface area (Å²) >= 11 is 0. The summed E-state index contributed by atoms with van der Waals surface area (Å²) in [6.45, 7) is 8.41. The molecular formula is C12H26N2O2S. The number of piperidine rings is 1. The SMILES string of the molecule is CCN1CCCC(C(C)NCCS(C)(=O)=O)C1. The maximum Gasteiger partial charge on any atom is 0.148 e. The highest BCUT2D eigenvalue weighted by atomic mass is 32.2. The van der Waals surface area contributed by atoms with Crippen molar-refractivity contribution >= 4 is 9.84 Å². The van der Waals surface area contributed by atoms with Crippen molar-refractivity contribution in [1.82, 2.24) is 10.2 Å². The highest BCUT2D eigenvalue weighted by molar-refractivity contribution is 7.90. The molecule has 0 aromatic carbocycles. The monoisotopic (exact) mass is 262 g/mol. The summed E-state index contributed by atoms with van der Waals surface area (Å²) in [6, 6.07) is 0.408. The van der Waals surface area contributed by atoms with E-state index in [-0.39, 0.29) is 5.75 Å². The molecule has 17 heavy (non-hydrogen) atoms. The molecule has 0 radical (unpaired) electrons. The Morgan fingerprint density at radius 1 is 1.47 bits per heavy atom. The lowest BCUT2D eigenvalue weighted by Gasteiger charge is -2.35. The summed E-state index contributed by atoms with van der Waals surface area (Å²) in [5.74, 6) is 0.893. The van der Waals surface area contributed by atoms with Crippen LogP contribution in [0.2, 0.25) is 0 Å². The first-order valence-corrected chi connectivity index (χ1v) is 8.62. The number of nitrogens with zero attached hydrogens (tertiary/aromatic N) is 1. The highest BCUT2D eigenvalue weighted by Gasteiger charge is 2.23. The lowest BCUT2D eigenvalue weighted by atomic mass is 9.91. The van der Waals surface area contributed by atoms with Crippen LogP contribution in [0.4, 0.5) is 0 Å². The Morgan fingerprint density at radius 2 is 2.18 bits per heavy atom. The molecule has 0 bridgehead atoms. The van der Waals surface area contributed by atoms with Crippen LogP contribution in [0.3, 0.4) is 0 Å². The largest absolute Gasteiger partial charge is 0.313 e. The molecule has 2 atom stereocenters. The smallest absolute Gasteiger partial charge is 0.148 e. The molecule has 1 fully saturated rings. The van der Waals surface area contributed by atoms with Gasteiger partial charge < -0.3 is 10.2 Å². The Morgan fingerprint density at radius 3 is 2.76 bits per heavy atom. The highest BCUT2D eigenvalue weighted by Crippen LogP contribution is 2.19. The van der Waals surface area contributed by atoms with Crippen LogP contribution in [0.5, 0.6) is 0 Å². The van der Waals surface area contributed by atoms with Gasteiger partial charge in [0.15, 0.2) is 0 Å². The van der Waals surface area contributed by atoms with Gasteiger partial charge in [0, 0.05) is 25.4 Å². The normalized spacial score (nSPS) is 24.8. The topological polar surface area (TPSA) is 49.4 Å². The van der Waals surface area contributed by atoms with Gasteiger partial charge in [0.2, 0.25) is 0 Å². The number of rotatable bonds is 6. The summed E-state index contributed by atoms with van der Waals surface area (Å²) in [6.07, 6.45) is 3.80. The van der Waals surface area contributed by atoms with Crippen LogP contribution in [0.25, 0.3) is 0 Å². The molecule has 0 saturated carbocycles. The first-order chi connectivity index (χ1) is 7.92. The summed E-state index contributed by atoms with van der Waals surface area (Å²) in [5, 5.41) is 3.35. The average molecular weight is 262 g/mol. The van der Waals surface area contributed by atoms with Gasteiger partial charge in [-0.15, -0.1) is 0 Å². The molecule has 4 nitrogen and oxygen atoms in total. The zero-order chi connectivity index (χ0) is 12.9. The standard InChI is InChI=1S/C12H26N2O2S/c1-4-14-8-5-6-12(10-14)11(2)13-7-9-17(3,15)16/h11-13H,4-10H2,1-3H3. The van der Waals surface area contributed by atoms with Crippen molar-refractivity contribution in [2.75, 3.05) is 38.2 Å². The Balaban J connectivity index is 2.29. The Labute approximate surface area is 106 Å². The van der Waals surface area contributed by atoms with Gasteiger partial charge >= 0.3 is 0 Å². The molecule has 2 unspecified atom stereocenters. The second kappa shape index (κ2) is 6.71. The first-order valence-electron chi connectivity index (χ1n) is 6.56. The number of likely N-dealkylation sites (tertiary alicyclic amines) is 1. The number of nitrogens with one attached hydrogen (secondary N) is 1. The Bertz CT molecular complexity index is 316. The van der Waals surface area contributed by atoms with E-state index in [0.29, 0.717) is 18.5 Å². The van der Waals surface area contributed by atoms with Gasteiger partial charge in [-0.1, -0.05) is 6.92 Å². The molecular weight excluding hydrogens is 236 g/mol. The second-order valence-corrected chi connectivity index (χ2v) is 7.43. The van der Waals surface area contributed by atoms with Crippen LogP contribution >= 0.6 is 0 Å². The minimum absolute atomic E-state index is 0.238. The molecule has 1 heterocycles. The molecule has 0 aliphatic carbocycles. The van der Waals surface area contributed by atoms with Crippen molar-refractivity contribution in [3.8, 4) is 0 Å². The zero-order valence-electron chi connectivity index (χ0n) is 11.3. The molecule has 1 saturated heterocycles. The number of hydrogen-bond acceptors (Lipinski definition) is 4. The third-order valence-corrected chi connectivity index (χ3v) is 4.58. The van der Waals surface area contributed by atoms with E-state index in [0.717, 1.165) is 13.1 Å². The Hall–Kier alpha value is -0.130. The summed E-state index contributed by atoms with van der Waals surface area (Å²) in [4.78, 5) is 2.48. The van der Waals surface area contributed by atoms with Gasteiger partial charge in [-0.2, -0.15) is 0 Å². The molecule has 102 valence electrons. The maximum atomic E-state index is 11.0. The molecule has 0 amide bonds. The number of hydrogen-bond donors (Lipinski definition) is 1. The molecule has 0 spiro atoms. The van der Waals surface area contributed by atoms with E-state index in [1.165, 1.54) is 25.6 Å². The first kappa shape index (κ1) is 14.9. The number of sulfone groups is 1. The van der Waals surface area contributed by atoms with Crippen molar-refractivity contribution in [2.24, 2.45) is 5.92 Å². The van der Waals surface area contributed by atoms with E-state index in [2.05, 4.69) is 24.1 Å². The van der Waals surface area contributed by atoms with Gasteiger partial charge in [-0.25, -0.2) is 8.42 Å². The summed E-state index contributed by atoms with van der Waals surface area (Å²) < 4.78 is 22.1. The summed E-state index contributed by atoms with van der Waals surface area (Å²) in [5.41, 5.74) is 0. The Kier molecular flexibility index (Phi) is 5.89. The predicted octanol–water partition coefficient (Wildman–Crippen LogP) is 0.741. The van der Waals surface area contributed by atoms with E-state index in [9.17, 15) is 8.42 Å². The van der Waals surface area contributed by atoms with E-state index in [1.807, 2.05) is 0 Å². The van der Waals surface area contributed by atoms with Crippen molar-refractivity contribution in [1.29, 1.82) is 0 Å². The molecule has 0 aromatic rings. The fourth-order valence-electron chi connectivity index (χ4n) is 2.43. The molecule has 5 heteroatoms. The molecule has 1 rings (SSSR count). The van der Waals surface area contributed by atoms with E-state index in [1.54, 1.807) is 0 Å². The van der Waals surface area contributed by atoms with E-state index < -0.39 is 9.84 Å². The van der Waals surface area contributed by atoms with Crippen LogP contribution < -0.4 is 5.32 Å². The van der Waals surface area contributed by atoms with Crippen LogP contribution in [0, 0.1) is 5.92 Å². The molecule has 1 N–H and O–H groups in total. The van der Waals surface area contributed by atoms with Crippen molar-refractivity contribution in [3.05, 3.63) is 0 Å². The third kappa shape index (κ3) is 5.84. The average Bonchev–Trinajstić information content (AvgIpc) is 2.27. The minimum Gasteiger partial charge on any atom is -0.313 e. The molecule has 1 aliphatic heterocycles. The van der Waals surface area contributed by atoms with Crippen LogP contribution in [-0.4, -0.2) is 57.5 Å². The fourth-order valence-corrected chi connectivity index (χ4v) is 2.91. The van der Waals surface area contributed by atoms with Gasteiger partial charge in [0.1, 0.15) is 9.84 Å². The van der Waals surface area contributed by atoms with Gasteiger partial charge in [-0.05, 0) is 38.8 Å². The lowest BCUT2D eigenvalue weighted by Crippen LogP contribution is -2.45.